The van der Waals surface area contributed by atoms with Gasteiger partial charge in [-0.25, -0.2) is 0 Å². The van der Waals surface area contributed by atoms with Crippen LogP contribution in [0.4, 0.5) is 5.69 Å². The summed E-state index contributed by atoms with van der Waals surface area (Å²) in [6.45, 7) is 7.63. The Morgan fingerprint density at radius 3 is 2.29 bits per heavy atom. The van der Waals surface area contributed by atoms with Gasteiger partial charge in [-0.2, -0.15) is 0 Å². The molecule has 1 fully saturated rings. The lowest BCUT2D eigenvalue weighted by Gasteiger charge is -2.25. The number of rotatable bonds is 5. The first-order valence-electron chi connectivity index (χ1n) is 11.1. The Balaban J connectivity index is 1.89. The van der Waals surface area contributed by atoms with Gasteiger partial charge in [0.2, 0.25) is 0 Å². The van der Waals surface area contributed by atoms with Gasteiger partial charge in [-0.1, -0.05) is 29.8 Å². The van der Waals surface area contributed by atoms with Crippen molar-refractivity contribution < 1.29 is 24.5 Å². The number of hydrogen-bond donors (Lipinski definition) is 2. The highest BCUT2D eigenvalue weighted by atomic mass is 16.5. The summed E-state index contributed by atoms with van der Waals surface area (Å²) in [6.07, 6.45) is -0.0104. The standard InChI is InChI=1S/C28H27NO5/c1-16(2)34-23-13-10-20(14-18(23)4)26(31)24-25(19-6-5-7-22(30)15-19)29(28(33)27(24)32)21-11-8-17(3)9-12-21/h5-16,25,30-31H,1-4H3/b26-24-. The van der Waals surface area contributed by atoms with E-state index in [4.69, 9.17) is 4.74 Å². The molecule has 1 atom stereocenters. The van der Waals surface area contributed by atoms with Gasteiger partial charge in [0.25, 0.3) is 11.7 Å². The topological polar surface area (TPSA) is 87.1 Å². The van der Waals surface area contributed by atoms with Crippen molar-refractivity contribution in [2.24, 2.45) is 0 Å². The number of aliphatic hydroxyl groups excluding tert-OH is 1. The molecule has 3 aromatic rings. The van der Waals surface area contributed by atoms with E-state index in [0.29, 0.717) is 22.6 Å². The molecule has 0 bridgehead atoms. The molecule has 6 nitrogen and oxygen atoms in total. The lowest BCUT2D eigenvalue weighted by Crippen LogP contribution is -2.29. The van der Waals surface area contributed by atoms with E-state index in [1.807, 2.05) is 39.8 Å². The van der Waals surface area contributed by atoms with Crippen molar-refractivity contribution in [1.82, 2.24) is 0 Å². The molecule has 1 aliphatic heterocycles. The van der Waals surface area contributed by atoms with Crippen LogP contribution in [-0.2, 0) is 9.59 Å². The van der Waals surface area contributed by atoms with Crippen LogP contribution in [0.25, 0.3) is 5.76 Å². The van der Waals surface area contributed by atoms with Crippen molar-refractivity contribution in [3.05, 3.63) is 94.6 Å². The van der Waals surface area contributed by atoms with Crippen LogP contribution in [0.5, 0.6) is 11.5 Å². The zero-order chi connectivity index (χ0) is 24.6. The summed E-state index contributed by atoms with van der Waals surface area (Å²) in [5, 5.41) is 21.4. The predicted molar refractivity (Wildman–Crippen MR) is 131 cm³/mol. The van der Waals surface area contributed by atoms with Gasteiger partial charge in [-0.05, 0) is 81.3 Å². The number of ether oxygens (including phenoxy) is 1. The van der Waals surface area contributed by atoms with Crippen molar-refractivity contribution >= 4 is 23.1 Å². The molecule has 1 unspecified atom stereocenters. The van der Waals surface area contributed by atoms with Crippen LogP contribution in [-0.4, -0.2) is 28.0 Å². The first kappa shape index (κ1) is 23.1. The molecule has 0 saturated carbocycles. The van der Waals surface area contributed by atoms with E-state index in [-0.39, 0.29) is 23.2 Å². The van der Waals surface area contributed by atoms with Gasteiger partial charge in [-0.15, -0.1) is 0 Å². The highest BCUT2D eigenvalue weighted by molar-refractivity contribution is 6.51. The largest absolute Gasteiger partial charge is 0.508 e. The molecule has 1 heterocycles. The highest BCUT2D eigenvalue weighted by Gasteiger charge is 2.47. The van der Waals surface area contributed by atoms with Crippen LogP contribution in [0.2, 0.25) is 0 Å². The molecular formula is C28H27NO5. The Labute approximate surface area is 198 Å². The Hall–Kier alpha value is -4.06. The molecule has 174 valence electrons. The third-order valence-corrected chi connectivity index (χ3v) is 5.75. The molecule has 6 heteroatoms. The minimum absolute atomic E-state index is 0.00183. The number of carbonyl (C=O) groups is 2. The molecule has 0 radical (unpaired) electrons. The lowest BCUT2D eigenvalue weighted by molar-refractivity contribution is -0.132. The molecule has 34 heavy (non-hydrogen) atoms. The van der Waals surface area contributed by atoms with Crippen molar-refractivity contribution in [3.8, 4) is 11.5 Å². The number of Topliss-reactive ketones (excluding diaryl/α,β-unsaturated/α-hetero) is 1. The average Bonchev–Trinajstić information content (AvgIpc) is 3.05. The highest BCUT2D eigenvalue weighted by Crippen LogP contribution is 2.43. The zero-order valence-corrected chi connectivity index (χ0v) is 19.6. The number of ketones is 1. The van der Waals surface area contributed by atoms with Crippen LogP contribution >= 0.6 is 0 Å². The smallest absolute Gasteiger partial charge is 0.300 e. The van der Waals surface area contributed by atoms with Gasteiger partial charge in [0.05, 0.1) is 17.7 Å². The second kappa shape index (κ2) is 9.06. The van der Waals surface area contributed by atoms with E-state index in [1.54, 1.807) is 42.5 Å². The number of aryl methyl sites for hydroxylation is 2. The summed E-state index contributed by atoms with van der Waals surface area (Å²) in [5.74, 6) is -1.13. The monoisotopic (exact) mass is 457 g/mol. The Bertz CT molecular complexity index is 1290. The molecule has 3 aromatic carbocycles. The number of aromatic hydroxyl groups is 1. The average molecular weight is 458 g/mol. The molecule has 2 N–H and O–H groups in total. The minimum Gasteiger partial charge on any atom is -0.508 e. The third kappa shape index (κ3) is 4.27. The number of phenols is 1. The van der Waals surface area contributed by atoms with E-state index in [2.05, 4.69) is 0 Å². The number of anilines is 1. The third-order valence-electron chi connectivity index (χ3n) is 5.75. The number of benzene rings is 3. The van der Waals surface area contributed by atoms with Crippen LogP contribution in [0.3, 0.4) is 0 Å². The molecule has 4 rings (SSSR count). The number of phenolic OH excluding ortho intramolecular Hbond substituents is 1. The fraction of sp³-hybridized carbons (Fsp3) is 0.214. The van der Waals surface area contributed by atoms with E-state index < -0.39 is 17.7 Å². The fourth-order valence-corrected chi connectivity index (χ4v) is 4.15. The first-order valence-corrected chi connectivity index (χ1v) is 11.1. The maximum absolute atomic E-state index is 13.2. The molecule has 0 aromatic heterocycles. The molecular weight excluding hydrogens is 430 g/mol. The molecule has 0 spiro atoms. The fourth-order valence-electron chi connectivity index (χ4n) is 4.15. The SMILES string of the molecule is Cc1ccc(N2C(=O)C(=O)/C(=C(\O)c3ccc(OC(C)C)c(C)c3)C2c2cccc(O)c2)cc1. The second-order valence-electron chi connectivity index (χ2n) is 8.75. The normalized spacial score (nSPS) is 17.4. The number of nitrogens with zero attached hydrogens (tertiary/aromatic N) is 1. The van der Waals surface area contributed by atoms with Crippen LogP contribution in [0.1, 0.15) is 42.1 Å². The van der Waals surface area contributed by atoms with Crippen LogP contribution < -0.4 is 9.64 Å². The van der Waals surface area contributed by atoms with E-state index in [1.165, 1.54) is 17.0 Å². The van der Waals surface area contributed by atoms with Gasteiger partial charge in [0.1, 0.15) is 17.3 Å². The summed E-state index contributed by atoms with van der Waals surface area (Å²) < 4.78 is 5.78. The van der Waals surface area contributed by atoms with Crippen LogP contribution in [0, 0.1) is 13.8 Å². The Kier molecular flexibility index (Phi) is 6.16. The molecule has 1 amide bonds. The van der Waals surface area contributed by atoms with Gasteiger partial charge in [-0.3, -0.25) is 14.5 Å². The van der Waals surface area contributed by atoms with E-state index >= 15 is 0 Å². The van der Waals surface area contributed by atoms with Gasteiger partial charge in [0, 0.05) is 11.3 Å². The summed E-state index contributed by atoms with van der Waals surface area (Å²) >= 11 is 0. The van der Waals surface area contributed by atoms with Gasteiger partial charge in [0.15, 0.2) is 0 Å². The quantitative estimate of drug-likeness (QED) is 0.303. The predicted octanol–water partition coefficient (Wildman–Crippen LogP) is 5.42. The second-order valence-corrected chi connectivity index (χ2v) is 8.75. The van der Waals surface area contributed by atoms with E-state index in [9.17, 15) is 19.8 Å². The number of amides is 1. The van der Waals surface area contributed by atoms with Crippen molar-refractivity contribution in [1.29, 1.82) is 0 Å². The summed E-state index contributed by atoms with van der Waals surface area (Å²) in [4.78, 5) is 27.8. The summed E-state index contributed by atoms with van der Waals surface area (Å²) in [6, 6.07) is 17.8. The van der Waals surface area contributed by atoms with Crippen LogP contribution in [0.15, 0.2) is 72.3 Å². The minimum atomic E-state index is -0.901. The van der Waals surface area contributed by atoms with Crippen molar-refractivity contribution in [2.75, 3.05) is 4.90 Å². The van der Waals surface area contributed by atoms with Gasteiger partial charge < -0.3 is 14.9 Å². The zero-order valence-electron chi connectivity index (χ0n) is 19.6. The number of carbonyl (C=O) groups excluding carboxylic acids is 2. The maximum Gasteiger partial charge on any atom is 0.300 e. The molecule has 0 aliphatic carbocycles. The van der Waals surface area contributed by atoms with Crippen molar-refractivity contribution in [2.45, 2.75) is 39.8 Å². The molecule has 1 aliphatic rings. The maximum atomic E-state index is 13.2. The Morgan fingerprint density at radius 1 is 0.971 bits per heavy atom. The summed E-state index contributed by atoms with van der Waals surface area (Å²) in [5.41, 5.74) is 3.20. The van der Waals surface area contributed by atoms with Crippen molar-refractivity contribution in [3.63, 3.8) is 0 Å². The number of aliphatic hydroxyl groups is 1. The molecule has 1 saturated heterocycles. The lowest BCUT2D eigenvalue weighted by atomic mass is 9.94. The van der Waals surface area contributed by atoms with Gasteiger partial charge >= 0.3 is 0 Å². The number of hydrogen-bond acceptors (Lipinski definition) is 5. The Morgan fingerprint density at radius 2 is 1.68 bits per heavy atom. The van der Waals surface area contributed by atoms with E-state index in [0.717, 1.165) is 11.1 Å². The summed E-state index contributed by atoms with van der Waals surface area (Å²) in [7, 11) is 0. The first-order chi connectivity index (χ1) is 16.2.